The van der Waals surface area contributed by atoms with Gasteiger partial charge in [0.1, 0.15) is 0 Å². The molecule has 5 heteroatoms. The highest BCUT2D eigenvalue weighted by molar-refractivity contribution is 5.96. The molecule has 0 bridgehead atoms. The molecule has 0 fully saturated rings. The van der Waals surface area contributed by atoms with Crippen LogP contribution in [0.5, 0.6) is 0 Å². The summed E-state index contributed by atoms with van der Waals surface area (Å²) in [6.45, 7) is 4.19. The lowest BCUT2D eigenvalue weighted by Crippen LogP contribution is -2.42. The number of hydrogen-bond donors (Lipinski definition) is 3. The summed E-state index contributed by atoms with van der Waals surface area (Å²) in [5.74, 6) is -0.188. The number of amides is 2. The molecule has 0 aliphatic heterocycles. The van der Waals surface area contributed by atoms with Crippen LogP contribution in [-0.4, -0.2) is 16.8 Å². The van der Waals surface area contributed by atoms with Gasteiger partial charge in [-0.25, -0.2) is 0 Å². The van der Waals surface area contributed by atoms with Crippen LogP contribution in [0.1, 0.15) is 41.3 Å². The average molecular weight is 335 g/mol. The Labute approximate surface area is 146 Å². The second-order valence-corrected chi connectivity index (χ2v) is 6.32. The minimum atomic E-state index is -0.331. The smallest absolute Gasteiger partial charge is 0.269 e. The van der Waals surface area contributed by atoms with Gasteiger partial charge in [0.25, 0.3) is 5.91 Å². The lowest BCUT2D eigenvalue weighted by Gasteiger charge is -2.09. The normalized spacial score (nSPS) is 10.8. The number of H-pyrrole nitrogens is 1. The first-order chi connectivity index (χ1) is 12.0. The van der Waals surface area contributed by atoms with E-state index in [4.69, 9.17) is 0 Å². The van der Waals surface area contributed by atoms with Gasteiger partial charge < -0.3 is 4.98 Å². The van der Waals surface area contributed by atoms with E-state index in [-0.39, 0.29) is 18.2 Å². The lowest BCUT2D eigenvalue weighted by atomic mass is 10.0. The van der Waals surface area contributed by atoms with E-state index in [2.05, 4.69) is 29.7 Å². The zero-order valence-corrected chi connectivity index (χ0v) is 14.3. The van der Waals surface area contributed by atoms with Crippen molar-refractivity contribution in [3.63, 3.8) is 0 Å². The Morgan fingerprint density at radius 1 is 1.00 bits per heavy atom. The Morgan fingerprint density at radius 3 is 2.44 bits per heavy atom. The van der Waals surface area contributed by atoms with Gasteiger partial charge in [0.15, 0.2) is 0 Å². The van der Waals surface area contributed by atoms with Crippen LogP contribution in [0.15, 0.2) is 54.7 Å². The van der Waals surface area contributed by atoms with E-state index in [1.165, 1.54) is 5.56 Å². The third kappa shape index (κ3) is 3.88. The number of aromatic amines is 1. The first kappa shape index (κ1) is 16.8. The summed E-state index contributed by atoms with van der Waals surface area (Å²) < 4.78 is 0. The van der Waals surface area contributed by atoms with Crippen molar-refractivity contribution in [1.82, 2.24) is 15.8 Å². The Bertz CT molecular complexity index is 895. The fourth-order valence-corrected chi connectivity index (χ4v) is 2.71. The van der Waals surface area contributed by atoms with Crippen LogP contribution in [-0.2, 0) is 11.2 Å². The number of aromatic nitrogens is 1. The van der Waals surface area contributed by atoms with Crippen LogP contribution >= 0.6 is 0 Å². The van der Waals surface area contributed by atoms with E-state index in [0.717, 1.165) is 16.5 Å². The van der Waals surface area contributed by atoms with Crippen molar-refractivity contribution in [2.24, 2.45) is 0 Å². The Balaban J connectivity index is 1.57. The quantitative estimate of drug-likeness (QED) is 0.640. The van der Waals surface area contributed by atoms with Crippen LogP contribution in [0.4, 0.5) is 0 Å². The van der Waals surface area contributed by atoms with Crippen LogP contribution in [0.2, 0.25) is 0 Å². The summed E-state index contributed by atoms with van der Waals surface area (Å²) in [6.07, 6.45) is 2.01. The molecule has 0 unspecified atom stereocenters. The molecule has 25 heavy (non-hydrogen) atoms. The molecule has 2 amide bonds. The maximum absolute atomic E-state index is 12.1. The zero-order chi connectivity index (χ0) is 17.8. The van der Waals surface area contributed by atoms with Gasteiger partial charge in [0.2, 0.25) is 5.91 Å². The van der Waals surface area contributed by atoms with E-state index >= 15 is 0 Å². The molecule has 0 saturated heterocycles. The molecule has 3 rings (SSSR count). The fourth-order valence-electron chi connectivity index (χ4n) is 2.71. The molecular formula is C20H21N3O2. The van der Waals surface area contributed by atoms with Crippen LogP contribution in [0.25, 0.3) is 10.9 Å². The monoisotopic (exact) mass is 335 g/mol. The number of fused-ring (bicyclic) bond motifs is 1. The van der Waals surface area contributed by atoms with Gasteiger partial charge in [-0.1, -0.05) is 44.2 Å². The van der Waals surface area contributed by atoms with E-state index in [1.54, 1.807) is 12.1 Å². The number of hydrogen-bond acceptors (Lipinski definition) is 2. The SMILES string of the molecule is CC(C)c1ccc(C(=O)NNC(=O)Cc2c[nH]c3ccccc23)cc1. The minimum absolute atomic E-state index is 0.191. The van der Waals surface area contributed by atoms with E-state index in [0.29, 0.717) is 11.5 Å². The third-order valence-corrected chi connectivity index (χ3v) is 4.18. The first-order valence-corrected chi connectivity index (χ1v) is 8.28. The van der Waals surface area contributed by atoms with Crippen molar-refractivity contribution in [2.45, 2.75) is 26.2 Å². The molecule has 128 valence electrons. The molecule has 0 aliphatic rings. The van der Waals surface area contributed by atoms with Gasteiger partial charge in [-0.05, 0) is 35.2 Å². The lowest BCUT2D eigenvalue weighted by molar-refractivity contribution is -0.121. The highest BCUT2D eigenvalue weighted by atomic mass is 16.2. The van der Waals surface area contributed by atoms with Gasteiger partial charge in [-0.15, -0.1) is 0 Å². The van der Waals surface area contributed by atoms with Crippen LogP contribution in [0, 0.1) is 0 Å². The molecule has 3 aromatic rings. The second kappa shape index (κ2) is 7.21. The predicted molar refractivity (Wildman–Crippen MR) is 98.1 cm³/mol. The highest BCUT2D eigenvalue weighted by Gasteiger charge is 2.11. The zero-order valence-electron chi connectivity index (χ0n) is 14.3. The van der Waals surface area contributed by atoms with Gasteiger partial charge in [0, 0.05) is 22.7 Å². The summed E-state index contributed by atoms with van der Waals surface area (Å²) >= 11 is 0. The predicted octanol–water partition coefficient (Wildman–Crippen LogP) is 3.30. The van der Waals surface area contributed by atoms with Gasteiger partial charge in [-0.3, -0.25) is 20.4 Å². The van der Waals surface area contributed by atoms with Crippen LogP contribution < -0.4 is 10.9 Å². The molecule has 1 aromatic heterocycles. The van der Waals surface area contributed by atoms with Crippen molar-refractivity contribution >= 4 is 22.7 Å². The van der Waals surface area contributed by atoms with Crippen molar-refractivity contribution in [3.8, 4) is 0 Å². The molecular weight excluding hydrogens is 314 g/mol. The van der Waals surface area contributed by atoms with E-state index in [9.17, 15) is 9.59 Å². The summed E-state index contributed by atoms with van der Waals surface area (Å²) in [5.41, 5.74) is 8.48. The summed E-state index contributed by atoms with van der Waals surface area (Å²) in [4.78, 5) is 27.3. The largest absolute Gasteiger partial charge is 0.361 e. The molecule has 0 saturated carbocycles. The molecule has 5 nitrogen and oxygen atoms in total. The fraction of sp³-hybridized carbons (Fsp3) is 0.200. The summed E-state index contributed by atoms with van der Waals surface area (Å²) in [5, 5.41) is 1.01. The number of nitrogens with one attached hydrogen (secondary N) is 3. The summed E-state index contributed by atoms with van der Waals surface area (Å²) in [7, 11) is 0. The molecule has 0 radical (unpaired) electrons. The Kier molecular flexibility index (Phi) is 4.84. The molecule has 0 spiro atoms. The number of benzene rings is 2. The second-order valence-electron chi connectivity index (χ2n) is 6.32. The van der Waals surface area contributed by atoms with Crippen molar-refractivity contribution in [3.05, 3.63) is 71.4 Å². The molecule has 3 N–H and O–H groups in total. The van der Waals surface area contributed by atoms with Gasteiger partial charge in [-0.2, -0.15) is 0 Å². The van der Waals surface area contributed by atoms with Crippen LogP contribution in [0.3, 0.4) is 0 Å². The highest BCUT2D eigenvalue weighted by Crippen LogP contribution is 2.18. The molecule has 1 heterocycles. The first-order valence-electron chi connectivity index (χ1n) is 8.28. The molecule has 0 aliphatic carbocycles. The van der Waals surface area contributed by atoms with Crippen molar-refractivity contribution < 1.29 is 9.59 Å². The molecule has 0 atom stereocenters. The topological polar surface area (TPSA) is 74.0 Å². The third-order valence-electron chi connectivity index (χ3n) is 4.18. The van der Waals surface area contributed by atoms with E-state index < -0.39 is 0 Å². The maximum atomic E-state index is 12.1. The van der Waals surface area contributed by atoms with E-state index in [1.807, 2.05) is 42.6 Å². The maximum Gasteiger partial charge on any atom is 0.269 e. The number of para-hydroxylation sites is 1. The summed E-state index contributed by atoms with van der Waals surface area (Å²) in [6, 6.07) is 15.2. The Morgan fingerprint density at radius 2 is 1.72 bits per heavy atom. The number of hydrazine groups is 1. The number of rotatable bonds is 4. The van der Waals surface area contributed by atoms with Crippen molar-refractivity contribution in [2.75, 3.05) is 0 Å². The Hall–Kier alpha value is -3.08. The number of carbonyl (C=O) groups is 2. The average Bonchev–Trinajstić information content (AvgIpc) is 3.03. The molecule has 2 aromatic carbocycles. The number of carbonyl (C=O) groups excluding carboxylic acids is 2. The standard InChI is InChI=1S/C20H21N3O2/c1-13(2)14-7-9-15(10-8-14)20(25)23-22-19(24)11-16-12-21-18-6-4-3-5-17(16)18/h3-10,12-13,21H,11H2,1-2H3,(H,22,24)(H,23,25). The minimum Gasteiger partial charge on any atom is -0.361 e. The van der Waals surface area contributed by atoms with Gasteiger partial charge >= 0.3 is 0 Å². The van der Waals surface area contributed by atoms with Crippen molar-refractivity contribution in [1.29, 1.82) is 0 Å². The van der Waals surface area contributed by atoms with Gasteiger partial charge in [0.05, 0.1) is 6.42 Å².